The largest absolute Gasteiger partial charge is 0.395 e. The van der Waals surface area contributed by atoms with Gasteiger partial charge in [-0.15, -0.1) is 0 Å². The van der Waals surface area contributed by atoms with Crippen molar-refractivity contribution in [3.63, 3.8) is 0 Å². The van der Waals surface area contributed by atoms with Crippen molar-refractivity contribution in [2.75, 3.05) is 39.9 Å². The van der Waals surface area contributed by atoms with Crippen molar-refractivity contribution in [1.29, 1.82) is 0 Å². The molecule has 0 bridgehead atoms. The van der Waals surface area contributed by atoms with E-state index in [4.69, 9.17) is 47.0 Å². The Kier molecular flexibility index (Phi) is 13.1. The molecule has 0 aromatic carbocycles. The molecule has 240 valence electrons. The SMILES string of the molecule is CN[C@@H]1C(O)[C@@H](OC2C(O)C(O[C@H]3O[C@H](CNCCO)CCC3N)[C@@H](N)C[C@H]2N=C(N)C(O)CCN)OCC1(C)O. The van der Waals surface area contributed by atoms with Gasteiger partial charge in [0.1, 0.15) is 42.0 Å². The van der Waals surface area contributed by atoms with Crippen LogP contribution in [0.5, 0.6) is 0 Å². The van der Waals surface area contributed by atoms with E-state index in [1.807, 2.05) is 0 Å². The van der Waals surface area contributed by atoms with E-state index in [9.17, 15) is 20.4 Å². The highest BCUT2D eigenvalue weighted by Gasteiger charge is 2.51. The summed E-state index contributed by atoms with van der Waals surface area (Å²) in [4.78, 5) is 4.43. The standard InChI is InChI=1S/C25H51N7O9/c1-25(37)11-38-24(18(36)21(25)30-2)41-20-15(32-22(29)16(34)5-6-26)9-14(28)19(17(20)35)40-23-13(27)4-3-12(39-23)10-31-7-8-33/h12-21,23-24,30-31,33-37H,3-11,26-28H2,1-2H3,(H2,29,32)/t12-,13?,14-,15+,16?,17?,18?,19?,20?,21+,23+,24+,25?/m0/s1. The number of aliphatic hydroxyl groups is 5. The number of ether oxygens (including phenoxy) is 4. The zero-order valence-corrected chi connectivity index (χ0v) is 23.9. The van der Waals surface area contributed by atoms with Gasteiger partial charge in [0.25, 0.3) is 0 Å². The fourth-order valence-electron chi connectivity index (χ4n) is 5.65. The van der Waals surface area contributed by atoms with E-state index in [-0.39, 0.29) is 44.5 Å². The van der Waals surface area contributed by atoms with Crippen LogP contribution in [0, 0.1) is 0 Å². The summed E-state index contributed by atoms with van der Waals surface area (Å²) < 4.78 is 24.0. The fourth-order valence-corrected chi connectivity index (χ4v) is 5.65. The zero-order valence-electron chi connectivity index (χ0n) is 23.9. The van der Waals surface area contributed by atoms with Crippen LogP contribution in [0.2, 0.25) is 0 Å². The van der Waals surface area contributed by atoms with Gasteiger partial charge in [0, 0.05) is 19.1 Å². The Morgan fingerprint density at radius 1 is 1.12 bits per heavy atom. The molecule has 0 aromatic heterocycles. The zero-order chi connectivity index (χ0) is 30.3. The number of amidine groups is 1. The predicted octanol–water partition coefficient (Wildman–Crippen LogP) is -5.25. The van der Waals surface area contributed by atoms with Gasteiger partial charge in [-0.05, 0) is 46.2 Å². The molecule has 13 atom stereocenters. The average molecular weight is 594 g/mol. The molecule has 0 radical (unpaired) electrons. The number of aliphatic hydroxyl groups excluding tert-OH is 4. The van der Waals surface area contributed by atoms with Crippen molar-refractivity contribution in [3.05, 3.63) is 0 Å². The Balaban J connectivity index is 1.81. The maximum absolute atomic E-state index is 11.6. The average Bonchev–Trinajstić information content (AvgIpc) is 2.91. The third kappa shape index (κ3) is 8.73. The van der Waals surface area contributed by atoms with Gasteiger partial charge in [-0.2, -0.15) is 0 Å². The minimum absolute atomic E-state index is 0.0000987. The summed E-state index contributed by atoms with van der Waals surface area (Å²) in [5.41, 5.74) is 23.0. The van der Waals surface area contributed by atoms with Crippen LogP contribution in [-0.2, 0) is 18.9 Å². The van der Waals surface area contributed by atoms with E-state index in [2.05, 4.69) is 15.6 Å². The van der Waals surface area contributed by atoms with Crippen molar-refractivity contribution in [3.8, 4) is 0 Å². The van der Waals surface area contributed by atoms with Crippen LogP contribution >= 0.6 is 0 Å². The van der Waals surface area contributed by atoms with Gasteiger partial charge < -0.3 is 78.0 Å². The minimum atomic E-state index is -1.39. The Bertz CT molecular complexity index is 828. The number of hydrogen-bond acceptors (Lipinski definition) is 15. The number of hydrogen-bond donors (Lipinski definition) is 11. The van der Waals surface area contributed by atoms with Crippen molar-refractivity contribution in [2.45, 2.75) is 112 Å². The molecule has 0 spiro atoms. The van der Waals surface area contributed by atoms with Crippen LogP contribution in [0.25, 0.3) is 0 Å². The van der Waals surface area contributed by atoms with Gasteiger partial charge in [-0.1, -0.05) is 0 Å². The lowest BCUT2D eigenvalue weighted by Gasteiger charge is -2.48. The van der Waals surface area contributed by atoms with Gasteiger partial charge in [0.05, 0.1) is 37.4 Å². The van der Waals surface area contributed by atoms with Crippen molar-refractivity contribution < 1.29 is 44.5 Å². The number of rotatable bonds is 13. The number of nitrogens with one attached hydrogen (secondary N) is 2. The van der Waals surface area contributed by atoms with Crippen LogP contribution in [0.4, 0.5) is 0 Å². The lowest BCUT2D eigenvalue weighted by molar-refractivity contribution is -0.306. The molecule has 0 aromatic rings. The van der Waals surface area contributed by atoms with Crippen LogP contribution < -0.4 is 33.6 Å². The molecule has 15 N–H and O–H groups in total. The third-order valence-electron chi connectivity index (χ3n) is 7.97. The first kappa shape index (κ1) is 34.4. The molecule has 16 heteroatoms. The van der Waals surface area contributed by atoms with Gasteiger partial charge in [-0.25, -0.2) is 0 Å². The number of likely N-dealkylation sites (N-methyl/N-ethyl adjacent to an activating group) is 1. The first-order chi connectivity index (χ1) is 19.4. The van der Waals surface area contributed by atoms with Gasteiger partial charge in [-0.3, -0.25) is 4.99 Å². The molecule has 41 heavy (non-hydrogen) atoms. The van der Waals surface area contributed by atoms with E-state index in [1.165, 1.54) is 6.92 Å². The summed E-state index contributed by atoms with van der Waals surface area (Å²) in [6, 6.07) is -2.85. The highest BCUT2D eigenvalue weighted by Crippen LogP contribution is 2.33. The van der Waals surface area contributed by atoms with Gasteiger partial charge in [0.2, 0.25) is 0 Å². The van der Waals surface area contributed by atoms with E-state index < -0.39 is 72.9 Å². The van der Waals surface area contributed by atoms with Crippen molar-refractivity contribution in [2.24, 2.45) is 27.9 Å². The highest BCUT2D eigenvalue weighted by molar-refractivity contribution is 5.84. The number of nitrogens with zero attached hydrogens (tertiary/aromatic N) is 1. The van der Waals surface area contributed by atoms with E-state index in [0.29, 0.717) is 25.9 Å². The van der Waals surface area contributed by atoms with E-state index >= 15 is 0 Å². The molecular weight excluding hydrogens is 542 g/mol. The van der Waals surface area contributed by atoms with Crippen LogP contribution in [0.3, 0.4) is 0 Å². The van der Waals surface area contributed by atoms with E-state index in [1.54, 1.807) is 7.05 Å². The molecule has 2 heterocycles. The minimum Gasteiger partial charge on any atom is -0.395 e. The summed E-state index contributed by atoms with van der Waals surface area (Å²) in [5, 5.41) is 58.5. The lowest BCUT2D eigenvalue weighted by Crippen LogP contribution is -2.67. The Labute approximate surface area is 240 Å². The Morgan fingerprint density at radius 2 is 1.83 bits per heavy atom. The smallest absolute Gasteiger partial charge is 0.185 e. The molecule has 0 amide bonds. The normalized spacial score (nSPS) is 43.2. The fraction of sp³-hybridized carbons (Fsp3) is 0.960. The molecular formula is C25H51N7O9. The van der Waals surface area contributed by atoms with Crippen molar-refractivity contribution in [1.82, 2.24) is 10.6 Å². The second kappa shape index (κ2) is 15.6. The number of aliphatic imine (C=N–C) groups is 1. The second-order valence-electron chi connectivity index (χ2n) is 11.4. The van der Waals surface area contributed by atoms with Crippen LogP contribution in [-0.4, -0.2) is 150 Å². The molecule has 7 unspecified atom stereocenters. The topological polar surface area (TPSA) is 279 Å². The second-order valence-corrected chi connectivity index (χ2v) is 11.4. The summed E-state index contributed by atoms with van der Waals surface area (Å²) >= 11 is 0. The van der Waals surface area contributed by atoms with Gasteiger partial charge >= 0.3 is 0 Å². The molecule has 1 saturated carbocycles. The molecule has 3 aliphatic rings. The molecule has 2 aliphatic heterocycles. The number of nitrogens with two attached hydrogens (primary N) is 4. The monoisotopic (exact) mass is 593 g/mol. The molecule has 2 saturated heterocycles. The molecule has 3 fully saturated rings. The highest BCUT2D eigenvalue weighted by atomic mass is 16.7. The quantitative estimate of drug-likeness (QED) is 0.0540. The predicted molar refractivity (Wildman–Crippen MR) is 148 cm³/mol. The van der Waals surface area contributed by atoms with E-state index in [0.717, 1.165) is 0 Å². The third-order valence-corrected chi connectivity index (χ3v) is 7.97. The Morgan fingerprint density at radius 3 is 2.49 bits per heavy atom. The summed E-state index contributed by atoms with van der Waals surface area (Å²) in [5.74, 6) is -0.0928. The Hall–Kier alpha value is -1.09. The van der Waals surface area contributed by atoms with Crippen LogP contribution in [0.1, 0.15) is 32.6 Å². The molecule has 3 rings (SSSR count). The summed E-state index contributed by atoms with van der Waals surface area (Å²) in [7, 11) is 1.59. The summed E-state index contributed by atoms with van der Waals surface area (Å²) in [6.07, 6.45) is -6.62. The van der Waals surface area contributed by atoms with Crippen molar-refractivity contribution >= 4 is 5.84 Å². The lowest BCUT2D eigenvalue weighted by atomic mass is 9.83. The molecule has 1 aliphatic carbocycles. The van der Waals surface area contributed by atoms with Crippen LogP contribution in [0.15, 0.2) is 4.99 Å². The first-order valence-electron chi connectivity index (χ1n) is 14.3. The maximum atomic E-state index is 11.6. The van der Waals surface area contributed by atoms with Gasteiger partial charge in [0.15, 0.2) is 12.6 Å². The molecule has 16 nitrogen and oxygen atoms in total. The first-order valence-corrected chi connectivity index (χ1v) is 14.3. The summed E-state index contributed by atoms with van der Waals surface area (Å²) in [6.45, 7) is 2.48. The maximum Gasteiger partial charge on any atom is 0.185 e.